The van der Waals surface area contributed by atoms with E-state index in [0.717, 1.165) is 83.5 Å². The summed E-state index contributed by atoms with van der Waals surface area (Å²) in [7, 11) is 1.90. The van der Waals surface area contributed by atoms with Crippen molar-refractivity contribution in [2.24, 2.45) is 11.8 Å². The zero-order valence-corrected chi connectivity index (χ0v) is 19.5. The maximum absolute atomic E-state index is 12.9. The van der Waals surface area contributed by atoms with Gasteiger partial charge in [-0.2, -0.15) is 0 Å². The highest BCUT2D eigenvalue weighted by molar-refractivity contribution is 5.78. The average molecular weight is 443 g/mol. The number of pyridine rings is 1. The molecule has 3 aliphatic rings. The van der Waals surface area contributed by atoms with E-state index in [1.54, 1.807) is 6.20 Å². The second kappa shape index (κ2) is 11.2. The number of likely N-dealkylation sites (tertiary alicyclic amines) is 2. The molecule has 4 heterocycles. The van der Waals surface area contributed by atoms with Crippen LogP contribution in [0.3, 0.4) is 0 Å². The van der Waals surface area contributed by atoms with E-state index >= 15 is 0 Å². The van der Waals surface area contributed by atoms with E-state index in [4.69, 9.17) is 4.74 Å². The van der Waals surface area contributed by atoms with Crippen LogP contribution in [0, 0.1) is 11.8 Å². The summed E-state index contributed by atoms with van der Waals surface area (Å²) < 4.78 is 5.42. The van der Waals surface area contributed by atoms with E-state index < -0.39 is 0 Å². The quantitative estimate of drug-likeness (QED) is 0.649. The van der Waals surface area contributed by atoms with Gasteiger partial charge in [0, 0.05) is 70.7 Å². The summed E-state index contributed by atoms with van der Waals surface area (Å²) in [6, 6.07) is 4.47. The third kappa shape index (κ3) is 6.07. The molecule has 3 saturated heterocycles. The zero-order chi connectivity index (χ0) is 22.3. The SMILES string of the molecule is CN(Cc1cccnc1)C(=O)C1CCN(C2CCN(C(=O)CCC3CCOC3)CC2)CC1. The molecule has 3 fully saturated rings. The molecule has 3 aliphatic heterocycles. The van der Waals surface area contributed by atoms with Crippen molar-refractivity contribution in [1.82, 2.24) is 19.7 Å². The van der Waals surface area contributed by atoms with Crippen molar-refractivity contribution < 1.29 is 14.3 Å². The zero-order valence-electron chi connectivity index (χ0n) is 19.5. The number of rotatable bonds is 7. The molecular formula is C25H38N4O3. The summed E-state index contributed by atoms with van der Waals surface area (Å²) in [4.78, 5) is 36.1. The molecule has 0 radical (unpaired) electrons. The summed E-state index contributed by atoms with van der Waals surface area (Å²) >= 11 is 0. The first-order valence-electron chi connectivity index (χ1n) is 12.3. The molecule has 0 aromatic carbocycles. The highest BCUT2D eigenvalue weighted by Crippen LogP contribution is 2.26. The Morgan fingerprint density at radius 2 is 1.91 bits per heavy atom. The van der Waals surface area contributed by atoms with Gasteiger partial charge in [0.1, 0.15) is 0 Å². The predicted octanol–water partition coefficient (Wildman–Crippen LogP) is 2.56. The van der Waals surface area contributed by atoms with Gasteiger partial charge in [0.15, 0.2) is 0 Å². The number of piperidine rings is 2. The lowest BCUT2D eigenvalue weighted by Gasteiger charge is -2.42. The van der Waals surface area contributed by atoms with Crippen molar-refractivity contribution in [1.29, 1.82) is 0 Å². The van der Waals surface area contributed by atoms with Gasteiger partial charge in [0.25, 0.3) is 0 Å². The molecule has 4 rings (SSSR count). The molecule has 1 atom stereocenters. The van der Waals surface area contributed by atoms with Gasteiger partial charge in [-0.1, -0.05) is 6.07 Å². The van der Waals surface area contributed by atoms with Crippen molar-refractivity contribution in [2.45, 2.75) is 57.5 Å². The first-order chi connectivity index (χ1) is 15.6. The van der Waals surface area contributed by atoms with Crippen LogP contribution in [0.1, 0.15) is 50.5 Å². The number of hydrogen-bond donors (Lipinski definition) is 0. The van der Waals surface area contributed by atoms with E-state index in [9.17, 15) is 9.59 Å². The van der Waals surface area contributed by atoms with Crippen LogP contribution in [-0.2, 0) is 20.9 Å². The Morgan fingerprint density at radius 3 is 2.56 bits per heavy atom. The van der Waals surface area contributed by atoms with Gasteiger partial charge in [0.2, 0.25) is 11.8 Å². The van der Waals surface area contributed by atoms with Crippen LogP contribution in [-0.4, -0.2) is 84.0 Å². The van der Waals surface area contributed by atoms with Crippen molar-refractivity contribution in [3.05, 3.63) is 30.1 Å². The Balaban J connectivity index is 1.15. The van der Waals surface area contributed by atoms with Crippen LogP contribution in [0.25, 0.3) is 0 Å². The van der Waals surface area contributed by atoms with E-state index in [2.05, 4.69) is 14.8 Å². The summed E-state index contributed by atoms with van der Waals surface area (Å²) in [5, 5.41) is 0. The third-order valence-corrected chi connectivity index (χ3v) is 7.52. The fourth-order valence-corrected chi connectivity index (χ4v) is 5.44. The number of nitrogens with zero attached hydrogens (tertiary/aromatic N) is 4. The normalized spacial score (nSPS) is 23.4. The standard InChI is InChI=1S/C25H38N4O3/c1-27(18-21-3-2-11-26-17-21)25(31)22-6-12-28(13-7-22)23-8-14-29(15-9-23)24(30)5-4-20-10-16-32-19-20/h2-3,11,17,20,22-23H,4-10,12-16,18-19H2,1H3. The molecule has 1 aromatic rings. The van der Waals surface area contributed by atoms with Gasteiger partial charge in [0.05, 0.1) is 0 Å². The van der Waals surface area contributed by atoms with Crippen molar-refractivity contribution >= 4 is 11.8 Å². The number of carbonyl (C=O) groups excluding carboxylic acids is 2. The van der Waals surface area contributed by atoms with E-state index in [1.165, 1.54) is 0 Å². The fraction of sp³-hybridized carbons (Fsp3) is 0.720. The van der Waals surface area contributed by atoms with E-state index in [1.807, 2.05) is 30.3 Å². The second-order valence-electron chi connectivity index (χ2n) is 9.75. The number of aromatic nitrogens is 1. The highest BCUT2D eigenvalue weighted by Gasteiger charge is 2.32. The lowest BCUT2D eigenvalue weighted by atomic mass is 9.92. The molecule has 0 N–H and O–H groups in total. The first-order valence-corrected chi connectivity index (χ1v) is 12.3. The molecule has 0 aliphatic carbocycles. The van der Waals surface area contributed by atoms with Crippen LogP contribution in [0.15, 0.2) is 24.5 Å². The van der Waals surface area contributed by atoms with E-state index in [-0.39, 0.29) is 11.8 Å². The van der Waals surface area contributed by atoms with Gasteiger partial charge >= 0.3 is 0 Å². The Hall–Kier alpha value is -1.99. The molecule has 0 saturated carbocycles. The molecule has 0 bridgehead atoms. The largest absolute Gasteiger partial charge is 0.381 e. The second-order valence-corrected chi connectivity index (χ2v) is 9.75. The van der Waals surface area contributed by atoms with Crippen LogP contribution in [0.5, 0.6) is 0 Å². The smallest absolute Gasteiger partial charge is 0.225 e. The summed E-state index contributed by atoms with van der Waals surface area (Å²) in [6.07, 6.45) is 10.3. The maximum Gasteiger partial charge on any atom is 0.225 e. The summed E-state index contributed by atoms with van der Waals surface area (Å²) in [5.41, 5.74) is 1.07. The molecule has 7 nitrogen and oxygen atoms in total. The Bertz CT molecular complexity index is 737. The summed E-state index contributed by atoms with van der Waals surface area (Å²) in [6.45, 7) is 6.01. The average Bonchev–Trinajstić information content (AvgIpc) is 3.37. The van der Waals surface area contributed by atoms with Crippen LogP contribution in [0.2, 0.25) is 0 Å². The summed E-state index contributed by atoms with van der Waals surface area (Å²) in [5.74, 6) is 1.26. The van der Waals surface area contributed by atoms with Crippen molar-refractivity contribution in [3.8, 4) is 0 Å². The number of carbonyl (C=O) groups is 2. The number of hydrogen-bond acceptors (Lipinski definition) is 5. The molecular weight excluding hydrogens is 404 g/mol. The van der Waals surface area contributed by atoms with Gasteiger partial charge in [-0.25, -0.2) is 0 Å². The Labute approximate surface area is 192 Å². The van der Waals surface area contributed by atoms with Crippen LogP contribution >= 0.6 is 0 Å². The monoisotopic (exact) mass is 442 g/mol. The van der Waals surface area contributed by atoms with Gasteiger partial charge in [-0.3, -0.25) is 14.6 Å². The minimum absolute atomic E-state index is 0.120. The Morgan fingerprint density at radius 1 is 1.12 bits per heavy atom. The highest BCUT2D eigenvalue weighted by atomic mass is 16.5. The topological polar surface area (TPSA) is 66.0 Å². The molecule has 2 amide bonds. The minimum atomic E-state index is 0.120. The van der Waals surface area contributed by atoms with Gasteiger partial charge in [-0.15, -0.1) is 0 Å². The van der Waals surface area contributed by atoms with Gasteiger partial charge < -0.3 is 19.4 Å². The minimum Gasteiger partial charge on any atom is -0.381 e. The molecule has 32 heavy (non-hydrogen) atoms. The fourth-order valence-electron chi connectivity index (χ4n) is 5.44. The molecule has 1 unspecified atom stereocenters. The van der Waals surface area contributed by atoms with Gasteiger partial charge in [-0.05, 0) is 69.2 Å². The lowest BCUT2D eigenvalue weighted by Crippen LogP contribution is -2.50. The molecule has 7 heteroatoms. The third-order valence-electron chi connectivity index (χ3n) is 7.52. The molecule has 0 spiro atoms. The van der Waals surface area contributed by atoms with Crippen LogP contribution < -0.4 is 0 Å². The van der Waals surface area contributed by atoms with Crippen LogP contribution in [0.4, 0.5) is 0 Å². The maximum atomic E-state index is 12.9. The predicted molar refractivity (Wildman–Crippen MR) is 123 cm³/mol. The first kappa shape index (κ1) is 23.2. The van der Waals surface area contributed by atoms with Crippen molar-refractivity contribution in [2.75, 3.05) is 46.4 Å². The Kier molecular flexibility index (Phi) is 8.14. The van der Waals surface area contributed by atoms with E-state index in [0.29, 0.717) is 30.8 Å². The lowest BCUT2D eigenvalue weighted by molar-refractivity contribution is -0.137. The van der Waals surface area contributed by atoms with Crippen molar-refractivity contribution in [3.63, 3.8) is 0 Å². The molecule has 176 valence electrons. The number of ether oxygens (including phenoxy) is 1. The number of amides is 2. The molecule has 1 aromatic heterocycles.